The lowest BCUT2D eigenvalue weighted by Gasteiger charge is -2.12. The van der Waals surface area contributed by atoms with Crippen LogP contribution < -0.4 is 10.6 Å². The summed E-state index contributed by atoms with van der Waals surface area (Å²) in [6, 6.07) is 2.65. The van der Waals surface area contributed by atoms with Gasteiger partial charge in [0.25, 0.3) is 5.91 Å². The van der Waals surface area contributed by atoms with E-state index in [9.17, 15) is 22.8 Å². The van der Waals surface area contributed by atoms with E-state index in [0.717, 1.165) is 19.1 Å². The first-order valence-electron chi connectivity index (χ1n) is 6.78. The Labute approximate surface area is 134 Å². The van der Waals surface area contributed by atoms with E-state index in [-0.39, 0.29) is 17.8 Å². The number of carbonyl (C=O) groups is 2. The molecule has 0 saturated carbocycles. The number of halogens is 3. The van der Waals surface area contributed by atoms with E-state index >= 15 is 0 Å². The summed E-state index contributed by atoms with van der Waals surface area (Å²) in [6.45, 7) is 1.16. The van der Waals surface area contributed by atoms with E-state index < -0.39 is 23.6 Å². The predicted octanol–water partition coefficient (Wildman–Crippen LogP) is 1.72. The molecule has 1 heterocycles. The smallest absolute Gasteiger partial charge is 0.345 e. The first-order valence-corrected chi connectivity index (χ1v) is 6.78. The average molecular weight is 341 g/mol. The van der Waals surface area contributed by atoms with Crippen molar-refractivity contribution < 1.29 is 22.8 Å². The van der Waals surface area contributed by atoms with Crippen LogP contribution in [0.3, 0.4) is 0 Å². The Balaban J connectivity index is 2.25. The Bertz CT molecular complexity index is 770. The van der Waals surface area contributed by atoms with Gasteiger partial charge in [-0.15, -0.1) is 10.2 Å². The zero-order chi connectivity index (χ0) is 17.9. The minimum atomic E-state index is -4.65. The summed E-state index contributed by atoms with van der Waals surface area (Å²) in [5.41, 5.74) is -1.37. The fourth-order valence-electron chi connectivity index (χ4n) is 1.93. The van der Waals surface area contributed by atoms with E-state index in [2.05, 4.69) is 20.8 Å². The van der Waals surface area contributed by atoms with Gasteiger partial charge in [0, 0.05) is 25.2 Å². The molecule has 24 heavy (non-hydrogen) atoms. The van der Waals surface area contributed by atoms with Crippen LogP contribution in [0.4, 0.5) is 18.9 Å². The summed E-state index contributed by atoms with van der Waals surface area (Å²) >= 11 is 0. The summed E-state index contributed by atoms with van der Waals surface area (Å²) in [5, 5.41) is 12.1. The number of anilines is 1. The van der Waals surface area contributed by atoms with E-state index in [1.807, 2.05) is 0 Å². The normalized spacial score (nSPS) is 11.2. The monoisotopic (exact) mass is 341 g/mol. The SMILES string of the molecule is CC(=O)Nc1cc(C(=O)NCc2nncn2C)cc(C(F)(F)F)c1. The molecule has 2 amide bonds. The summed E-state index contributed by atoms with van der Waals surface area (Å²) in [5.74, 6) is -0.826. The lowest BCUT2D eigenvalue weighted by atomic mass is 10.1. The second-order valence-electron chi connectivity index (χ2n) is 5.02. The number of hydrogen-bond acceptors (Lipinski definition) is 4. The van der Waals surface area contributed by atoms with Crippen LogP contribution >= 0.6 is 0 Å². The van der Waals surface area contributed by atoms with Gasteiger partial charge in [0.15, 0.2) is 5.82 Å². The van der Waals surface area contributed by atoms with Crippen LogP contribution in [0.25, 0.3) is 0 Å². The van der Waals surface area contributed by atoms with Crippen molar-refractivity contribution in [1.82, 2.24) is 20.1 Å². The van der Waals surface area contributed by atoms with E-state index in [1.165, 1.54) is 12.4 Å². The molecule has 0 saturated heterocycles. The van der Waals surface area contributed by atoms with Crippen LogP contribution in [-0.2, 0) is 24.6 Å². The van der Waals surface area contributed by atoms with Gasteiger partial charge in [-0.3, -0.25) is 9.59 Å². The summed E-state index contributed by atoms with van der Waals surface area (Å²) < 4.78 is 40.4. The topological polar surface area (TPSA) is 88.9 Å². The third-order valence-corrected chi connectivity index (χ3v) is 3.06. The van der Waals surface area contributed by atoms with Gasteiger partial charge in [-0.1, -0.05) is 0 Å². The van der Waals surface area contributed by atoms with Gasteiger partial charge in [0.1, 0.15) is 6.33 Å². The van der Waals surface area contributed by atoms with Gasteiger partial charge < -0.3 is 15.2 Å². The molecule has 0 fully saturated rings. The molecule has 0 radical (unpaired) electrons. The third kappa shape index (κ3) is 4.31. The lowest BCUT2D eigenvalue weighted by molar-refractivity contribution is -0.137. The largest absolute Gasteiger partial charge is 0.416 e. The molecule has 10 heteroatoms. The minimum absolute atomic E-state index is 0.00104. The Hall–Kier alpha value is -2.91. The van der Waals surface area contributed by atoms with Crippen molar-refractivity contribution in [2.75, 3.05) is 5.32 Å². The number of hydrogen-bond donors (Lipinski definition) is 2. The van der Waals surface area contributed by atoms with Gasteiger partial charge in [0.05, 0.1) is 12.1 Å². The minimum Gasteiger partial charge on any atom is -0.345 e. The van der Waals surface area contributed by atoms with Gasteiger partial charge >= 0.3 is 6.18 Å². The quantitative estimate of drug-likeness (QED) is 0.886. The first-order chi connectivity index (χ1) is 11.2. The molecule has 0 aliphatic rings. The van der Waals surface area contributed by atoms with Gasteiger partial charge in [-0.05, 0) is 18.2 Å². The number of benzene rings is 1. The van der Waals surface area contributed by atoms with Crippen LogP contribution in [0.5, 0.6) is 0 Å². The molecule has 0 aliphatic heterocycles. The van der Waals surface area contributed by atoms with Crippen molar-refractivity contribution in [1.29, 1.82) is 0 Å². The fourth-order valence-corrected chi connectivity index (χ4v) is 1.93. The number of alkyl halides is 3. The molecule has 2 N–H and O–H groups in total. The van der Waals surface area contributed by atoms with Gasteiger partial charge in [0.2, 0.25) is 5.91 Å². The van der Waals surface area contributed by atoms with Crippen molar-refractivity contribution in [3.05, 3.63) is 41.5 Å². The second kappa shape index (κ2) is 6.69. The lowest BCUT2D eigenvalue weighted by Crippen LogP contribution is -2.25. The number of amides is 2. The maximum absolute atomic E-state index is 12.9. The van der Waals surface area contributed by atoms with Crippen LogP contribution in [-0.4, -0.2) is 26.6 Å². The zero-order valence-electron chi connectivity index (χ0n) is 12.8. The molecule has 0 spiro atoms. The van der Waals surface area contributed by atoms with Crippen molar-refractivity contribution >= 4 is 17.5 Å². The highest BCUT2D eigenvalue weighted by Crippen LogP contribution is 2.32. The molecular weight excluding hydrogens is 327 g/mol. The molecule has 1 aromatic carbocycles. The molecule has 0 atom stereocenters. The molecule has 0 aliphatic carbocycles. The number of aromatic nitrogens is 3. The Morgan fingerprint density at radius 2 is 1.96 bits per heavy atom. The maximum atomic E-state index is 12.9. The van der Waals surface area contributed by atoms with Crippen LogP contribution in [0.2, 0.25) is 0 Å². The summed E-state index contributed by atoms with van der Waals surface area (Å²) in [6.07, 6.45) is -3.21. The van der Waals surface area contributed by atoms with E-state index in [1.54, 1.807) is 11.6 Å². The number of aryl methyl sites for hydroxylation is 1. The molecule has 128 valence electrons. The van der Waals surface area contributed by atoms with Crippen molar-refractivity contribution in [3.63, 3.8) is 0 Å². The molecule has 2 rings (SSSR count). The van der Waals surface area contributed by atoms with Crippen LogP contribution in [0.15, 0.2) is 24.5 Å². The Morgan fingerprint density at radius 3 is 2.50 bits per heavy atom. The number of carbonyl (C=O) groups excluding carboxylic acids is 2. The second-order valence-corrected chi connectivity index (χ2v) is 5.02. The standard InChI is InChI=1S/C14H14F3N5O2/c1-8(23)20-11-4-9(3-10(5-11)14(15,16)17)13(24)18-6-12-21-19-7-22(12)2/h3-5,7H,6H2,1-2H3,(H,18,24)(H,20,23). The van der Waals surface area contributed by atoms with Crippen molar-refractivity contribution in [2.45, 2.75) is 19.6 Å². The van der Waals surface area contributed by atoms with E-state index in [4.69, 9.17) is 0 Å². The highest BCUT2D eigenvalue weighted by Gasteiger charge is 2.32. The number of rotatable bonds is 4. The third-order valence-electron chi connectivity index (χ3n) is 3.06. The summed E-state index contributed by atoms with van der Waals surface area (Å²) in [7, 11) is 1.67. The highest BCUT2D eigenvalue weighted by atomic mass is 19.4. The van der Waals surface area contributed by atoms with Crippen molar-refractivity contribution in [3.8, 4) is 0 Å². The Kier molecular flexibility index (Phi) is 4.86. The predicted molar refractivity (Wildman–Crippen MR) is 77.9 cm³/mol. The fraction of sp³-hybridized carbons (Fsp3) is 0.286. The molecule has 0 bridgehead atoms. The first kappa shape index (κ1) is 17.4. The van der Waals surface area contributed by atoms with Gasteiger partial charge in [-0.25, -0.2) is 0 Å². The average Bonchev–Trinajstić information content (AvgIpc) is 2.88. The van der Waals surface area contributed by atoms with Crippen LogP contribution in [0, 0.1) is 0 Å². The highest BCUT2D eigenvalue weighted by molar-refractivity contribution is 5.97. The molecular formula is C14H14F3N5O2. The number of nitrogens with one attached hydrogen (secondary N) is 2. The molecule has 2 aromatic rings. The van der Waals surface area contributed by atoms with Crippen LogP contribution in [0.1, 0.15) is 28.7 Å². The molecule has 0 unspecified atom stereocenters. The molecule has 1 aromatic heterocycles. The Morgan fingerprint density at radius 1 is 1.25 bits per heavy atom. The number of nitrogens with zero attached hydrogens (tertiary/aromatic N) is 3. The van der Waals surface area contributed by atoms with E-state index in [0.29, 0.717) is 5.82 Å². The molecule has 7 nitrogen and oxygen atoms in total. The summed E-state index contributed by atoms with van der Waals surface area (Å²) in [4.78, 5) is 23.2. The zero-order valence-corrected chi connectivity index (χ0v) is 12.8. The maximum Gasteiger partial charge on any atom is 0.416 e. The van der Waals surface area contributed by atoms with Crippen molar-refractivity contribution in [2.24, 2.45) is 7.05 Å². The van der Waals surface area contributed by atoms with Gasteiger partial charge in [-0.2, -0.15) is 13.2 Å².